The Labute approximate surface area is 88.2 Å². The van der Waals surface area contributed by atoms with Crippen LogP contribution in [0.15, 0.2) is 4.52 Å². The Balaban J connectivity index is 2.18. The zero-order chi connectivity index (χ0) is 11.0. The second-order valence-corrected chi connectivity index (χ2v) is 4.14. The van der Waals surface area contributed by atoms with Gasteiger partial charge in [0.15, 0.2) is 0 Å². The first kappa shape index (κ1) is 10.0. The highest BCUT2D eigenvalue weighted by Crippen LogP contribution is 2.24. The lowest BCUT2D eigenvalue weighted by Gasteiger charge is -2.27. The molecule has 82 valence electrons. The second kappa shape index (κ2) is 3.56. The van der Waals surface area contributed by atoms with E-state index in [2.05, 4.69) is 5.16 Å². The summed E-state index contributed by atoms with van der Waals surface area (Å²) in [5, 5.41) is 3.86. The average molecular weight is 209 g/mol. The molecule has 0 atom stereocenters. The van der Waals surface area contributed by atoms with Crippen molar-refractivity contribution in [3.63, 3.8) is 0 Å². The van der Waals surface area contributed by atoms with E-state index in [1.54, 1.807) is 4.90 Å². The van der Waals surface area contributed by atoms with Crippen molar-refractivity contribution < 1.29 is 9.32 Å². The molecule has 15 heavy (non-hydrogen) atoms. The highest BCUT2D eigenvalue weighted by atomic mass is 16.5. The van der Waals surface area contributed by atoms with E-state index in [4.69, 9.17) is 10.3 Å². The second-order valence-electron chi connectivity index (χ2n) is 4.14. The predicted molar refractivity (Wildman–Crippen MR) is 54.9 cm³/mol. The number of nitrogens with two attached hydrogens (primary N) is 1. The van der Waals surface area contributed by atoms with E-state index in [-0.39, 0.29) is 11.8 Å². The van der Waals surface area contributed by atoms with E-state index < -0.39 is 0 Å². The molecule has 0 unspecified atom stereocenters. The van der Waals surface area contributed by atoms with Crippen LogP contribution in [-0.4, -0.2) is 22.5 Å². The standard InChI is InChI=1S/C10H15N3O2/c1-6(2)10(14)13-4-3-8-7(5-13)9(11)15-12-8/h6H,3-5,11H2,1-2H3. The summed E-state index contributed by atoms with van der Waals surface area (Å²) in [5.74, 6) is 0.514. The summed E-state index contributed by atoms with van der Waals surface area (Å²) >= 11 is 0. The monoisotopic (exact) mass is 209 g/mol. The Hall–Kier alpha value is -1.52. The Bertz CT molecular complexity index is 384. The maximum absolute atomic E-state index is 11.8. The van der Waals surface area contributed by atoms with Crippen LogP contribution in [0.2, 0.25) is 0 Å². The van der Waals surface area contributed by atoms with Crippen LogP contribution in [-0.2, 0) is 17.8 Å². The van der Waals surface area contributed by atoms with Crippen LogP contribution < -0.4 is 5.73 Å². The fourth-order valence-electron chi connectivity index (χ4n) is 1.79. The first-order chi connectivity index (χ1) is 7.09. The molecule has 0 fully saturated rings. The van der Waals surface area contributed by atoms with Crippen LogP contribution >= 0.6 is 0 Å². The third-order valence-electron chi connectivity index (χ3n) is 2.67. The molecule has 0 saturated carbocycles. The summed E-state index contributed by atoms with van der Waals surface area (Å²) in [6.07, 6.45) is 0.731. The molecule has 5 nitrogen and oxygen atoms in total. The van der Waals surface area contributed by atoms with E-state index in [9.17, 15) is 4.79 Å². The van der Waals surface area contributed by atoms with Crippen molar-refractivity contribution in [2.75, 3.05) is 12.3 Å². The molecule has 1 aliphatic heterocycles. The number of carbonyl (C=O) groups excluding carboxylic acids is 1. The van der Waals surface area contributed by atoms with Crippen LogP contribution in [0.4, 0.5) is 5.88 Å². The van der Waals surface area contributed by atoms with Crippen molar-refractivity contribution in [3.05, 3.63) is 11.3 Å². The number of anilines is 1. The SMILES string of the molecule is CC(C)C(=O)N1CCc2noc(N)c2C1. The van der Waals surface area contributed by atoms with Crippen LogP contribution in [0, 0.1) is 5.92 Å². The van der Waals surface area contributed by atoms with Gasteiger partial charge in [0.1, 0.15) is 0 Å². The number of carbonyl (C=O) groups is 1. The maximum Gasteiger partial charge on any atom is 0.227 e. The highest BCUT2D eigenvalue weighted by Gasteiger charge is 2.26. The molecule has 1 amide bonds. The Morgan fingerprint density at radius 2 is 2.33 bits per heavy atom. The van der Waals surface area contributed by atoms with Gasteiger partial charge in [-0.3, -0.25) is 4.79 Å². The van der Waals surface area contributed by atoms with Crippen LogP contribution in [0.5, 0.6) is 0 Å². The van der Waals surface area contributed by atoms with Gasteiger partial charge < -0.3 is 15.2 Å². The lowest BCUT2D eigenvalue weighted by atomic mass is 10.1. The average Bonchev–Trinajstić information content (AvgIpc) is 2.59. The number of nitrogen functional groups attached to an aromatic ring is 1. The molecule has 0 aromatic carbocycles. The van der Waals surface area contributed by atoms with Gasteiger partial charge in [0, 0.05) is 18.9 Å². The fraction of sp³-hybridized carbons (Fsp3) is 0.600. The molecule has 0 spiro atoms. The van der Waals surface area contributed by atoms with Crippen molar-refractivity contribution in [2.45, 2.75) is 26.8 Å². The number of amides is 1. The summed E-state index contributed by atoms with van der Waals surface area (Å²) in [7, 11) is 0. The summed E-state index contributed by atoms with van der Waals surface area (Å²) in [4.78, 5) is 13.6. The van der Waals surface area contributed by atoms with Gasteiger partial charge in [-0.25, -0.2) is 0 Å². The molecular weight excluding hydrogens is 194 g/mol. The molecule has 1 aromatic rings. The largest absolute Gasteiger partial charge is 0.367 e. The topological polar surface area (TPSA) is 72.4 Å². The van der Waals surface area contributed by atoms with Crippen molar-refractivity contribution in [1.82, 2.24) is 10.1 Å². The van der Waals surface area contributed by atoms with Crippen molar-refractivity contribution in [1.29, 1.82) is 0 Å². The Kier molecular flexibility index (Phi) is 2.38. The number of hydrogen-bond donors (Lipinski definition) is 1. The predicted octanol–water partition coefficient (Wildman–Crippen LogP) is 0.798. The number of rotatable bonds is 1. The van der Waals surface area contributed by atoms with Crippen molar-refractivity contribution >= 4 is 11.8 Å². The third-order valence-corrected chi connectivity index (χ3v) is 2.67. The maximum atomic E-state index is 11.8. The molecule has 0 bridgehead atoms. The van der Waals surface area contributed by atoms with Gasteiger partial charge in [0.25, 0.3) is 0 Å². The molecule has 2 rings (SSSR count). The molecule has 2 N–H and O–H groups in total. The van der Waals surface area contributed by atoms with Gasteiger partial charge in [-0.2, -0.15) is 0 Å². The van der Waals surface area contributed by atoms with Gasteiger partial charge in [0.2, 0.25) is 11.8 Å². The lowest BCUT2D eigenvalue weighted by molar-refractivity contribution is -0.135. The molecule has 2 heterocycles. The summed E-state index contributed by atoms with van der Waals surface area (Å²) in [6.45, 7) is 5.03. The van der Waals surface area contributed by atoms with Crippen LogP contribution in [0.25, 0.3) is 0 Å². The van der Waals surface area contributed by atoms with E-state index in [0.29, 0.717) is 19.0 Å². The van der Waals surface area contributed by atoms with Gasteiger partial charge in [0.05, 0.1) is 17.8 Å². The normalized spacial score (nSPS) is 15.5. The fourth-order valence-corrected chi connectivity index (χ4v) is 1.79. The molecular formula is C10H15N3O2. The van der Waals surface area contributed by atoms with Crippen molar-refractivity contribution in [2.24, 2.45) is 5.92 Å². The zero-order valence-electron chi connectivity index (χ0n) is 8.99. The lowest BCUT2D eigenvalue weighted by Crippen LogP contribution is -2.38. The summed E-state index contributed by atoms with van der Waals surface area (Å²) < 4.78 is 4.90. The minimum Gasteiger partial charge on any atom is -0.367 e. The van der Waals surface area contributed by atoms with E-state index in [0.717, 1.165) is 17.7 Å². The van der Waals surface area contributed by atoms with Crippen LogP contribution in [0.1, 0.15) is 25.1 Å². The van der Waals surface area contributed by atoms with Gasteiger partial charge in [-0.1, -0.05) is 19.0 Å². The zero-order valence-corrected chi connectivity index (χ0v) is 8.99. The van der Waals surface area contributed by atoms with Gasteiger partial charge in [-0.15, -0.1) is 0 Å². The number of hydrogen-bond acceptors (Lipinski definition) is 4. The van der Waals surface area contributed by atoms with Crippen molar-refractivity contribution in [3.8, 4) is 0 Å². The minimum absolute atomic E-state index is 0.0210. The number of nitrogens with zero attached hydrogens (tertiary/aromatic N) is 2. The Morgan fingerprint density at radius 3 is 3.00 bits per heavy atom. The van der Waals surface area contributed by atoms with Crippen LogP contribution in [0.3, 0.4) is 0 Å². The first-order valence-electron chi connectivity index (χ1n) is 5.11. The quantitative estimate of drug-likeness (QED) is 0.742. The van der Waals surface area contributed by atoms with E-state index in [1.165, 1.54) is 0 Å². The summed E-state index contributed by atoms with van der Waals surface area (Å²) in [5.41, 5.74) is 7.39. The smallest absolute Gasteiger partial charge is 0.227 e. The van der Waals surface area contributed by atoms with E-state index in [1.807, 2.05) is 13.8 Å². The summed E-state index contributed by atoms with van der Waals surface area (Å²) in [6, 6.07) is 0. The molecule has 0 aliphatic carbocycles. The number of aromatic nitrogens is 1. The number of fused-ring (bicyclic) bond motifs is 1. The molecule has 1 aromatic heterocycles. The Morgan fingerprint density at radius 1 is 1.60 bits per heavy atom. The van der Waals surface area contributed by atoms with Gasteiger partial charge in [-0.05, 0) is 0 Å². The molecule has 0 saturated heterocycles. The van der Waals surface area contributed by atoms with Gasteiger partial charge >= 0.3 is 0 Å². The molecule has 5 heteroatoms. The minimum atomic E-state index is 0.0210. The first-order valence-corrected chi connectivity index (χ1v) is 5.11. The molecule has 0 radical (unpaired) electrons. The molecule has 1 aliphatic rings. The van der Waals surface area contributed by atoms with E-state index >= 15 is 0 Å². The highest BCUT2D eigenvalue weighted by molar-refractivity contribution is 5.78. The third kappa shape index (κ3) is 1.69.